The van der Waals surface area contributed by atoms with E-state index in [2.05, 4.69) is 62.9 Å². The first-order valence-electron chi connectivity index (χ1n) is 12.1. The fourth-order valence-electron chi connectivity index (χ4n) is 4.82. The van der Waals surface area contributed by atoms with E-state index in [9.17, 15) is 4.79 Å². The number of likely N-dealkylation sites (tertiary alicyclic amines) is 1. The summed E-state index contributed by atoms with van der Waals surface area (Å²) in [6, 6.07) is 11.7. The minimum absolute atomic E-state index is 0. The molecule has 9 heteroatoms. The first-order chi connectivity index (χ1) is 15.6. The van der Waals surface area contributed by atoms with Crippen molar-refractivity contribution in [1.82, 2.24) is 29.9 Å². The summed E-state index contributed by atoms with van der Waals surface area (Å²) in [5, 5.41) is 11.5. The largest absolute Gasteiger partial charge is 0.356 e. The number of rotatable bonds is 7. The fraction of sp³-hybridized carbons (Fsp3) is 0.625. The monoisotopic (exact) mass is 567 g/mol. The Morgan fingerprint density at radius 2 is 2.03 bits per heavy atom. The number of aliphatic imine (C=N–C) groups is 1. The molecule has 33 heavy (non-hydrogen) atoms. The van der Waals surface area contributed by atoms with Crippen LogP contribution in [0.1, 0.15) is 50.4 Å². The first kappa shape index (κ1) is 25.7. The predicted octanol–water partition coefficient (Wildman–Crippen LogP) is 2.61. The molecule has 0 bridgehead atoms. The number of guanidine groups is 1. The van der Waals surface area contributed by atoms with E-state index in [1.54, 1.807) is 4.68 Å². The lowest BCUT2D eigenvalue weighted by Crippen LogP contribution is -2.51. The number of hydrogen-bond acceptors (Lipinski definition) is 4. The second-order valence-corrected chi connectivity index (χ2v) is 9.05. The summed E-state index contributed by atoms with van der Waals surface area (Å²) in [7, 11) is 1.82. The lowest BCUT2D eigenvalue weighted by molar-refractivity contribution is 0.134. The molecule has 0 spiro atoms. The van der Waals surface area contributed by atoms with Crippen molar-refractivity contribution < 1.29 is 0 Å². The average molecular weight is 568 g/mol. The molecule has 0 saturated carbocycles. The number of piperidine rings is 1. The molecule has 1 aromatic carbocycles. The molecule has 2 N–H and O–H groups in total. The van der Waals surface area contributed by atoms with Gasteiger partial charge < -0.3 is 10.6 Å². The number of nitrogens with zero attached hydrogens (tertiary/aromatic N) is 5. The SMILES string of the molecule is CN=C(NCCCn1nc2n(c1=O)CCCC2)NC1CCN(Cc2ccccc2)C(C)C1.I. The van der Waals surface area contributed by atoms with Crippen LogP contribution in [-0.2, 0) is 26.1 Å². The van der Waals surface area contributed by atoms with E-state index >= 15 is 0 Å². The molecular formula is C24H38IN7O. The Labute approximate surface area is 213 Å². The Hall–Kier alpha value is -1.88. The highest BCUT2D eigenvalue weighted by Gasteiger charge is 2.26. The fourth-order valence-corrected chi connectivity index (χ4v) is 4.82. The Kier molecular flexibility index (Phi) is 9.78. The molecule has 0 radical (unpaired) electrons. The Morgan fingerprint density at radius 3 is 2.76 bits per heavy atom. The number of nitrogens with one attached hydrogen (secondary N) is 2. The number of hydrogen-bond donors (Lipinski definition) is 2. The van der Waals surface area contributed by atoms with Gasteiger partial charge in [-0.2, -0.15) is 5.10 Å². The highest BCUT2D eigenvalue weighted by molar-refractivity contribution is 14.0. The van der Waals surface area contributed by atoms with Crippen LogP contribution in [0.25, 0.3) is 0 Å². The van der Waals surface area contributed by atoms with Crippen LogP contribution >= 0.6 is 24.0 Å². The van der Waals surface area contributed by atoms with Crippen LogP contribution in [0.3, 0.4) is 0 Å². The molecule has 1 saturated heterocycles. The molecule has 1 fully saturated rings. The molecule has 0 aliphatic carbocycles. The Bertz CT molecular complexity index is 955. The molecular weight excluding hydrogens is 529 g/mol. The van der Waals surface area contributed by atoms with Gasteiger partial charge in [0.15, 0.2) is 5.96 Å². The molecule has 8 nitrogen and oxygen atoms in total. The van der Waals surface area contributed by atoms with Crippen LogP contribution in [-0.4, -0.2) is 57.4 Å². The number of aromatic nitrogens is 3. The summed E-state index contributed by atoms with van der Waals surface area (Å²) in [4.78, 5) is 19.4. The molecule has 2 unspecified atom stereocenters. The number of benzene rings is 1. The number of aryl methyl sites for hydroxylation is 2. The third-order valence-electron chi connectivity index (χ3n) is 6.68. The van der Waals surface area contributed by atoms with Gasteiger partial charge in [-0.1, -0.05) is 30.3 Å². The van der Waals surface area contributed by atoms with Crippen molar-refractivity contribution in [3.63, 3.8) is 0 Å². The van der Waals surface area contributed by atoms with Crippen molar-refractivity contribution in [2.24, 2.45) is 4.99 Å². The van der Waals surface area contributed by atoms with E-state index < -0.39 is 0 Å². The summed E-state index contributed by atoms with van der Waals surface area (Å²) >= 11 is 0. The van der Waals surface area contributed by atoms with Crippen molar-refractivity contribution >= 4 is 29.9 Å². The summed E-state index contributed by atoms with van der Waals surface area (Å²) in [6.07, 6.45) is 6.16. The van der Waals surface area contributed by atoms with Crippen molar-refractivity contribution in [3.8, 4) is 0 Å². The van der Waals surface area contributed by atoms with Crippen LogP contribution in [0, 0.1) is 0 Å². The second-order valence-electron chi connectivity index (χ2n) is 9.05. The zero-order valence-electron chi connectivity index (χ0n) is 19.9. The lowest BCUT2D eigenvalue weighted by atomic mass is 9.97. The van der Waals surface area contributed by atoms with Crippen LogP contribution < -0.4 is 16.3 Å². The van der Waals surface area contributed by atoms with Gasteiger partial charge in [0.1, 0.15) is 5.82 Å². The quantitative estimate of drug-likeness (QED) is 0.233. The standard InChI is InChI=1S/C24H37N7O.HI/c1-19-17-21(12-16-29(19)18-20-9-4-3-5-10-20)27-23(25-2)26-13-8-15-31-24(32)30-14-7-6-11-22(30)28-31;/h3-5,9-10,19,21H,6-8,11-18H2,1-2H3,(H2,25,26,27);1H. The van der Waals surface area contributed by atoms with E-state index in [1.165, 1.54) is 5.56 Å². The van der Waals surface area contributed by atoms with Gasteiger partial charge in [-0.25, -0.2) is 9.48 Å². The molecule has 2 atom stereocenters. The highest BCUT2D eigenvalue weighted by Crippen LogP contribution is 2.20. The van der Waals surface area contributed by atoms with Gasteiger partial charge in [0, 0.05) is 58.3 Å². The minimum Gasteiger partial charge on any atom is -0.356 e. The second kappa shape index (κ2) is 12.5. The molecule has 182 valence electrons. The topological polar surface area (TPSA) is 79.5 Å². The van der Waals surface area contributed by atoms with E-state index in [0.717, 1.165) is 76.5 Å². The molecule has 1 aromatic heterocycles. The van der Waals surface area contributed by atoms with Gasteiger partial charge in [0.2, 0.25) is 0 Å². The zero-order chi connectivity index (χ0) is 22.3. The molecule has 4 rings (SSSR count). The maximum absolute atomic E-state index is 12.4. The molecule has 2 aliphatic heterocycles. The van der Waals surface area contributed by atoms with Gasteiger partial charge in [0.25, 0.3) is 0 Å². The van der Waals surface area contributed by atoms with E-state index in [4.69, 9.17) is 0 Å². The minimum atomic E-state index is 0. The van der Waals surface area contributed by atoms with Crippen molar-refractivity contribution in [2.75, 3.05) is 20.1 Å². The zero-order valence-corrected chi connectivity index (χ0v) is 22.2. The normalized spacial score (nSPS) is 21.2. The van der Waals surface area contributed by atoms with Gasteiger partial charge in [-0.3, -0.25) is 14.5 Å². The maximum atomic E-state index is 12.4. The summed E-state index contributed by atoms with van der Waals surface area (Å²) in [5.74, 6) is 1.79. The van der Waals surface area contributed by atoms with Crippen LogP contribution in [0.2, 0.25) is 0 Å². The molecule has 3 heterocycles. The Morgan fingerprint density at radius 1 is 1.21 bits per heavy atom. The molecule has 2 aromatic rings. The number of fused-ring (bicyclic) bond motifs is 1. The predicted molar refractivity (Wildman–Crippen MR) is 143 cm³/mol. The van der Waals surface area contributed by atoms with Gasteiger partial charge in [-0.15, -0.1) is 24.0 Å². The highest BCUT2D eigenvalue weighted by atomic mass is 127. The Balaban J connectivity index is 0.00000306. The van der Waals surface area contributed by atoms with Crippen molar-refractivity contribution in [1.29, 1.82) is 0 Å². The third kappa shape index (κ3) is 6.81. The van der Waals surface area contributed by atoms with Gasteiger partial charge in [0.05, 0.1) is 0 Å². The lowest BCUT2D eigenvalue weighted by Gasteiger charge is -2.38. The molecule has 0 amide bonds. The first-order valence-corrected chi connectivity index (χ1v) is 12.1. The van der Waals surface area contributed by atoms with Crippen molar-refractivity contribution in [2.45, 2.75) is 77.2 Å². The van der Waals surface area contributed by atoms with Crippen molar-refractivity contribution in [3.05, 3.63) is 52.2 Å². The van der Waals surface area contributed by atoms with E-state index in [1.807, 2.05) is 11.6 Å². The van der Waals surface area contributed by atoms with Crippen LogP contribution in [0.4, 0.5) is 0 Å². The number of halogens is 1. The summed E-state index contributed by atoms with van der Waals surface area (Å²) in [6.45, 7) is 6.62. The van der Waals surface area contributed by atoms with Crippen LogP contribution in [0.15, 0.2) is 40.1 Å². The van der Waals surface area contributed by atoms with Gasteiger partial charge >= 0.3 is 5.69 Å². The smallest absolute Gasteiger partial charge is 0.345 e. The molecule has 2 aliphatic rings. The third-order valence-corrected chi connectivity index (χ3v) is 6.68. The maximum Gasteiger partial charge on any atom is 0.345 e. The van der Waals surface area contributed by atoms with E-state index in [-0.39, 0.29) is 29.7 Å². The summed E-state index contributed by atoms with van der Waals surface area (Å²) in [5.41, 5.74) is 1.42. The summed E-state index contributed by atoms with van der Waals surface area (Å²) < 4.78 is 3.46. The van der Waals surface area contributed by atoms with Crippen LogP contribution in [0.5, 0.6) is 0 Å². The van der Waals surface area contributed by atoms with Gasteiger partial charge in [-0.05, 0) is 44.6 Å². The van der Waals surface area contributed by atoms with E-state index in [0.29, 0.717) is 18.6 Å². The average Bonchev–Trinajstić information content (AvgIpc) is 3.14.